The van der Waals surface area contributed by atoms with Crippen LogP contribution in [0, 0.1) is 0 Å². The van der Waals surface area contributed by atoms with E-state index >= 15 is 0 Å². The number of rotatable bonds is 5. The fourth-order valence-electron chi connectivity index (χ4n) is 4.38. The molecule has 1 saturated heterocycles. The number of amides is 1. The molecule has 1 amide bonds. The maximum Gasteiger partial charge on any atom is 0.289 e. The highest BCUT2D eigenvalue weighted by molar-refractivity contribution is 7.17. The summed E-state index contributed by atoms with van der Waals surface area (Å²) in [7, 11) is 0. The molecule has 5 heterocycles. The molecule has 11 heteroatoms. The standard InChI is InChI=1S/C24H20ClN5O4S/c25-16-5-1-4-15(14-16)19(28-8-10-29(11-9-28)22(31)18-7-3-13-34-18)20-23(32)30-24(35-20)26-21(27-30)17-6-2-12-33-17/h1-7,12-14,19,32H,8-11H2/t19-/m0/s1. The summed E-state index contributed by atoms with van der Waals surface area (Å²) < 4.78 is 12.1. The van der Waals surface area contributed by atoms with E-state index < -0.39 is 0 Å². The Balaban J connectivity index is 1.33. The highest BCUT2D eigenvalue weighted by Crippen LogP contribution is 2.41. The van der Waals surface area contributed by atoms with E-state index in [9.17, 15) is 9.90 Å². The van der Waals surface area contributed by atoms with Crippen LogP contribution in [0.3, 0.4) is 0 Å². The lowest BCUT2D eigenvalue weighted by atomic mass is 10.0. The molecular formula is C24H20ClN5O4S. The SMILES string of the molecule is O=C(c1ccco1)N1CCN([C@@H](c2cccc(Cl)c2)c2sc3nc(-c4ccco4)nn3c2O)CC1. The number of furan rings is 2. The lowest BCUT2D eigenvalue weighted by molar-refractivity contribution is 0.0568. The van der Waals surface area contributed by atoms with Gasteiger partial charge in [0, 0.05) is 31.2 Å². The van der Waals surface area contributed by atoms with Crippen molar-refractivity contribution in [1.82, 2.24) is 24.4 Å². The summed E-state index contributed by atoms with van der Waals surface area (Å²) in [5.41, 5.74) is 0.939. The van der Waals surface area contributed by atoms with Gasteiger partial charge >= 0.3 is 0 Å². The van der Waals surface area contributed by atoms with Crippen LogP contribution in [-0.2, 0) is 0 Å². The zero-order chi connectivity index (χ0) is 23.9. The molecule has 1 aliphatic rings. The number of thiazole rings is 1. The number of aromatic hydroxyl groups is 1. The van der Waals surface area contributed by atoms with Crippen LogP contribution in [0.1, 0.15) is 27.0 Å². The lowest BCUT2D eigenvalue weighted by Crippen LogP contribution is -2.49. The highest BCUT2D eigenvalue weighted by atomic mass is 35.5. The summed E-state index contributed by atoms with van der Waals surface area (Å²) in [5, 5.41) is 16.3. The van der Waals surface area contributed by atoms with E-state index in [2.05, 4.69) is 15.0 Å². The van der Waals surface area contributed by atoms with E-state index in [4.69, 9.17) is 20.4 Å². The fourth-order valence-corrected chi connectivity index (χ4v) is 5.70. The molecule has 1 N–H and O–H groups in total. The van der Waals surface area contributed by atoms with Gasteiger partial charge in [-0.15, -0.1) is 5.10 Å². The summed E-state index contributed by atoms with van der Waals surface area (Å²) in [6, 6.07) is 14.2. The number of carbonyl (C=O) groups excluding carboxylic acids is 1. The molecule has 0 spiro atoms. The Morgan fingerprint density at radius 2 is 1.86 bits per heavy atom. The second-order valence-corrected chi connectivity index (χ2v) is 9.61. The third-order valence-corrected chi connectivity index (χ3v) is 7.36. The van der Waals surface area contributed by atoms with Gasteiger partial charge in [-0.05, 0) is 42.0 Å². The van der Waals surface area contributed by atoms with Gasteiger partial charge in [0.1, 0.15) is 0 Å². The minimum atomic E-state index is -0.282. The van der Waals surface area contributed by atoms with Gasteiger partial charge in [-0.1, -0.05) is 35.1 Å². The molecule has 0 unspecified atom stereocenters. The van der Waals surface area contributed by atoms with E-state index in [1.165, 1.54) is 22.1 Å². The van der Waals surface area contributed by atoms with Gasteiger partial charge in [-0.3, -0.25) is 9.69 Å². The maximum atomic E-state index is 12.7. The quantitative estimate of drug-likeness (QED) is 0.371. The van der Waals surface area contributed by atoms with Gasteiger partial charge in [0.05, 0.1) is 23.4 Å². The van der Waals surface area contributed by atoms with Crippen molar-refractivity contribution in [2.24, 2.45) is 0 Å². The van der Waals surface area contributed by atoms with Gasteiger partial charge in [0.25, 0.3) is 5.91 Å². The molecule has 4 aromatic heterocycles. The first-order valence-electron chi connectivity index (χ1n) is 11.0. The molecule has 0 bridgehead atoms. The fraction of sp³-hybridized carbons (Fsp3) is 0.208. The van der Waals surface area contributed by atoms with E-state index in [0.717, 1.165) is 5.56 Å². The van der Waals surface area contributed by atoms with Gasteiger partial charge in [0.2, 0.25) is 16.7 Å². The minimum absolute atomic E-state index is 0.0226. The topological polar surface area (TPSA) is 100 Å². The Bertz CT molecular complexity index is 1470. The number of hydrogen-bond acceptors (Lipinski definition) is 8. The van der Waals surface area contributed by atoms with Crippen molar-refractivity contribution in [2.75, 3.05) is 26.2 Å². The van der Waals surface area contributed by atoms with Crippen molar-refractivity contribution in [3.05, 3.63) is 82.3 Å². The second kappa shape index (κ2) is 8.88. The van der Waals surface area contributed by atoms with Crippen molar-refractivity contribution in [1.29, 1.82) is 0 Å². The summed E-state index contributed by atoms with van der Waals surface area (Å²) in [6.45, 7) is 2.27. The summed E-state index contributed by atoms with van der Waals surface area (Å²) in [5.74, 6) is 1.17. The summed E-state index contributed by atoms with van der Waals surface area (Å²) in [6.07, 6.45) is 3.06. The van der Waals surface area contributed by atoms with E-state index in [0.29, 0.717) is 58.4 Å². The second-order valence-electron chi connectivity index (χ2n) is 8.16. The number of nitrogens with zero attached hydrogens (tertiary/aromatic N) is 5. The number of hydrogen-bond donors (Lipinski definition) is 1. The summed E-state index contributed by atoms with van der Waals surface area (Å²) >= 11 is 7.70. The van der Waals surface area contributed by atoms with Crippen molar-refractivity contribution in [3.8, 4) is 17.5 Å². The number of carbonyl (C=O) groups is 1. The third kappa shape index (κ3) is 3.99. The number of halogens is 1. The monoisotopic (exact) mass is 509 g/mol. The molecule has 0 radical (unpaired) electrons. The van der Waals surface area contributed by atoms with Crippen molar-refractivity contribution < 1.29 is 18.7 Å². The van der Waals surface area contributed by atoms with Crippen LogP contribution in [0.2, 0.25) is 5.02 Å². The molecule has 178 valence electrons. The third-order valence-electron chi connectivity index (χ3n) is 6.05. The molecule has 1 fully saturated rings. The molecule has 35 heavy (non-hydrogen) atoms. The lowest BCUT2D eigenvalue weighted by Gasteiger charge is -2.38. The predicted molar refractivity (Wildman–Crippen MR) is 130 cm³/mol. The molecule has 0 aliphatic carbocycles. The maximum absolute atomic E-state index is 12.7. The van der Waals surface area contributed by atoms with Crippen LogP contribution >= 0.6 is 22.9 Å². The molecule has 1 aliphatic heterocycles. The Hall–Kier alpha value is -3.60. The van der Waals surface area contributed by atoms with E-state index in [1.54, 1.807) is 35.4 Å². The van der Waals surface area contributed by atoms with E-state index in [1.807, 2.05) is 24.3 Å². The predicted octanol–water partition coefficient (Wildman–Crippen LogP) is 4.55. The largest absolute Gasteiger partial charge is 0.492 e. The smallest absolute Gasteiger partial charge is 0.289 e. The Labute approximate surface area is 208 Å². The Morgan fingerprint density at radius 1 is 1.06 bits per heavy atom. The normalized spacial score (nSPS) is 15.6. The van der Waals surface area contributed by atoms with Crippen molar-refractivity contribution in [2.45, 2.75) is 6.04 Å². The molecule has 5 aromatic rings. The molecule has 1 atom stereocenters. The van der Waals surface area contributed by atoms with Crippen molar-refractivity contribution >= 4 is 33.8 Å². The molecule has 1 aromatic carbocycles. The molecule has 6 rings (SSSR count). The highest BCUT2D eigenvalue weighted by Gasteiger charge is 2.33. The number of piperazine rings is 1. The van der Waals surface area contributed by atoms with Crippen LogP contribution in [-0.4, -0.2) is 61.6 Å². The van der Waals surface area contributed by atoms with E-state index in [-0.39, 0.29) is 17.8 Å². The van der Waals surface area contributed by atoms with Crippen molar-refractivity contribution in [3.63, 3.8) is 0 Å². The summed E-state index contributed by atoms with van der Waals surface area (Å²) in [4.78, 5) is 22.5. The van der Waals surface area contributed by atoms with Crippen LogP contribution in [0.25, 0.3) is 16.5 Å². The van der Waals surface area contributed by atoms with Gasteiger partial charge in [-0.2, -0.15) is 9.50 Å². The number of fused-ring (bicyclic) bond motifs is 1. The zero-order valence-electron chi connectivity index (χ0n) is 18.4. The van der Waals surface area contributed by atoms with Gasteiger partial charge < -0.3 is 18.8 Å². The van der Waals surface area contributed by atoms with Gasteiger partial charge in [-0.25, -0.2) is 0 Å². The first-order chi connectivity index (χ1) is 17.1. The zero-order valence-corrected chi connectivity index (χ0v) is 19.9. The molecule has 9 nitrogen and oxygen atoms in total. The Morgan fingerprint density at radius 3 is 2.54 bits per heavy atom. The van der Waals surface area contributed by atoms with Crippen LogP contribution in [0.4, 0.5) is 0 Å². The van der Waals surface area contributed by atoms with Crippen LogP contribution in [0.15, 0.2) is 69.9 Å². The Kier molecular flexibility index (Phi) is 5.56. The van der Waals surface area contributed by atoms with Crippen LogP contribution < -0.4 is 0 Å². The first kappa shape index (κ1) is 21.9. The number of benzene rings is 1. The molecule has 0 saturated carbocycles. The average molecular weight is 510 g/mol. The number of aromatic nitrogens is 3. The first-order valence-corrected chi connectivity index (χ1v) is 12.2. The molecular weight excluding hydrogens is 490 g/mol. The van der Waals surface area contributed by atoms with Gasteiger partial charge in [0.15, 0.2) is 11.5 Å². The minimum Gasteiger partial charge on any atom is -0.492 e. The van der Waals surface area contributed by atoms with Crippen LogP contribution in [0.5, 0.6) is 5.88 Å². The average Bonchev–Trinajstić information content (AvgIpc) is 3.67.